The summed E-state index contributed by atoms with van der Waals surface area (Å²) in [5, 5.41) is 16.3. The number of para-hydroxylation sites is 4. The molecule has 7 aromatic carbocycles. The first-order chi connectivity index (χ1) is 24.8. The van der Waals surface area contributed by atoms with Crippen LogP contribution in [0.2, 0.25) is 0 Å². The molecule has 0 radical (unpaired) electrons. The number of nitrogens with zero attached hydrogens (tertiary/aromatic N) is 4. The molecule has 0 bridgehead atoms. The van der Waals surface area contributed by atoms with E-state index in [1.165, 1.54) is 21.9 Å². The number of benzene rings is 7. The Hall–Kier alpha value is -6.96. The number of hydrogen-bond acceptors (Lipinski definition) is 2. The van der Waals surface area contributed by atoms with Gasteiger partial charge in [0, 0.05) is 38.2 Å². The third-order valence-corrected chi connectivity index (χ3v) is 9.96. The lowest BCUT2D eigenvalue weighted by Gasteiger charge is -2.16. The van der Waals surface area contributed by atoms with Gasteiger partial charge in [0.05, 0.1) is 33.1 Å². The van der Waals surface area contributed by atoms with Gasteiger partial charge in [-0.1, -0.05) is 127 Å². The Morgan fingerprint density at radius 3 is 1.58 bits per heavy atom. The molecule has 4 heteroatoms. The Kier molecular flexibility index (Phi) is 6.21. The molecule has 0 aliphatic carbocycles. The van der Waals surface area contributed by atoms with Crippen LogP contribution in [0.5, 0.6) is 0 Å². The standard InChI is InChI=1S/C46H28N4/c47-29-37-32-19-7-10-24-38(32)48-46(43(37)30-15-3-1-4-16-30)50-40-26-12-9-21-36(40)45-34(23-14-28-42(45)50)33-22-13-27-41-44(33)35-20-8-11-25-39(35)49(41)31-17-5-2-6-18-31/h1-28H. The van der Waals surface area contributed by atoms with Crippen molar-refractivity contribution < 1.29 is 0 Å². The number of aromatic nitrogens is 3. The number of pyridine rings is 1. The van der Waals surface area contributed by atoms with Crippen molar-refractivity contribution in [2.45, 2.75) is 0 Å². The molecule has 232 valence electrons. The lowest BCUT2D eigenvalue weighted by atomic mass is 9.95. The van der Waals surface area contributed by atoms with Crippen molar-refractivity contribution >= 4 is 54.5 Å². The molecular weight excluding hydrogens is 609 g/mol. The lowest BCUT2D eigenvalue weighted by molar-refractivity contribution is 1.10. The van der Waals surface area contributed by atoms with Gasteiger partial charge in [-0.25, -0.2) is 4.98 Å². The molecule has 3 aromatic heterocycles. The largest absolute Gasteiger partial charge is 0.309 e. The van der Waals surface area contributed by atoms with Crippen LogP contribution in [0.4, 0.5) is 0 Å². The van der Waals surface area contributed by atoms with Crippen LogP contribution in [0.25, 0.3) is 88.3 Å². The van der Waals surface area contributed by atoms with E-state index in [4.69, 9.17) is 4.98 Å². The minimum absolute atomic E-state index is 0.623. The minimum atomic E-state index is 0.623. The van der Waals surface area contributed by atoms with Crippen molar-refractivity contribution in [2.24, 2.45) is 0 Å². The van der Waals surface area contributed by atoms with Gasteiger partial charge in [-0.15, -0.1) is 0 Å². The van der Waals surface area contributed by atoms with Crippen LogP contribution in [0, 0.1) is 11.3 Å². The van der Waals surface area contributed by atoms with Crippen LogP contribution >= 0.6 is 0 Å². The monoisotopic (exact) mass is 636 g/mol. The highest BCUT2D eigenvalue weighted by atomic mass is 15.1. The second-order valence-corrected chi connectivity index (χ2v) is 12.6. The molecule has 0 aliphatic rings. The smallest absolute Gasteiger partial charge is 0.147 e. The molecule has 0 aliphatic heterocycles. The highest BCUT2D eigenvalue weighted by Gasteiger charge is 2.24. The maximum absolute atomic E-state index is 10.7. The van der Waals surface area contributed by atoms with Gasteiger partial charge >= 0.3 is 0 Å². The molecule has 50 heavy (non-hydrogen) atoms. The maximum atomic E-state index is 10.7. The summed E-state index contributed by atoms with van der Waals surface area (Å²) in [4.78, 5) is 5.34. The summed E-state index contributed by atoms with van der Waals surface area (Å²) in [6, 6.07) is 61.8. The molecule has 4 nitrogen and oxygen atoms in total. The van der Waals surface area contributed by atoms with E-state index in [9.17, 15) is 5.26 Å². The van der Waals surface area contributed by atoms with Crippen LogP contribution < -0.4 is 0 Å². The maximum Gasteiger partial charge on any atom is 0.147 e. The molecule has 0 saturated carbocycles. The SMILES string of the molecule is N#Cc1c(-c2ccccc2)c(-n2c3ccccc3c3c(-c4cccc5c4c4ccccc4n5-c4ccccc4)cccc32)nc2ccccc12. The molecule has 0 amide bonds. The number of fused-ring (bicyclic) bond motifs is 7. The fourth-order valence-electron chi connectivity index (χ4n) is 7.93. The molecule has 0 unspecified atom stereocenters. The fraction of sp³-hybridized carbons (Fsp3) is 0. The summed E-state index contributed by atoms with van der Waals surface area (Å²) in [6.45, 7) is 0. The van der Waals surface area contributed by atoms with Crippen LogP contribution in [-0.2, 0) is 0 Å². The second-order valence-electron chi connectivity index (χ2n) is 12.6. The number of rotatable bonds is 4. The van der Waals surface area contributed by atoms with Gasteiger partial charge in [0.25, 0.3) is 0 Å². The average molecular weight is 637 g/mol. The minimum Gasteiger partial charge on any atom is -0.309 e. The van der Waals surface area contributed by atoms with Gasteiger partial charge in [-0.05, 0) is 59.2 Å². The summed E-state index contributed by atoms with van der Waals surface area (Å²) in [7, 11) is 0. The zero-order valence-electron chi connectivity index (χ0n) is 27.0. The highest BCUT2D eigenvalue weighted by molar-refractivity contribution is 6.22. The van der Waals surface area contributed by atoms with Gasteiger partial charge in [-0.3, -0.25) is 4.57 Å². The van der Waals surface area contributed by atoms with Crippen molar-refractivity contribution in [1.29, 1.82) is 5.26 Å². The average Bonchev–Trinajstić information content (AvgIpc) is 3.71. The van der Waals surface area contributed by atoms with E-state index >= 15 is 0 Å². The summed E-state index contributed by atoms with van der Waals surface area (Å²) in [5.41, 5.74) is 11.1. The van der Waals surface area contributed by atoms with Crippen LogP contribution in [-0.4, -0.2) is 14.1 Å². The predicted octanol–water partition coefficient (Wildman–Crippen LogP) is 11.6. The number of hydrogen-bond donors (Lipinski definition) is 0. The van der Waals surface area contributed by atoms with Gasteiger partial charge in [-0.2, -0.15) is 5.26 Å². The predicted molar refractivity (Wildman–Crippen MR) is 206 cm³/mol. The molecule has 10 rings (SSSR count). The number of nitriles is 1. The Morgan fingerprint density at radius 2 is 0.940 bits per heavy atom. The third kappa shape index (κ3) is 4.01. The normalized spacial score (nSPS) is 11.6. The van der Waals surface area contributed by atoms with Gasteiger partial charge in [0.15, 0.2) is 0 Å². The third-order valence-electron chi connectivity index (χ3n) is 9.96. The van der Waals surface area contributed by atoms with Crippen molar-refractivity contribution in [2.75, 3.05) is 0 Å². The zero-order chi connectivity index (χ0) is 33.2. The van der Waals surface area contributed by atoms with Crippen molar-refractivity contribution in [3.8, 4) is 39.8 Å². The molecule has 0 atom stereocenters. The molecular formula is C46H28N4. The van der Waals surface area contributed by atoms with E-state index in [1.807, 2.05) is 42.5 Å². The fourth-order valence-corrected chi connectivity index (χ4v) is 7.93. The van der Waals surface area contributed by atoms with E-state index in [2.05, 4.69) is 143 Å². The van der Waals surface area contributed by atoms with Gasteiger partial charge in [0.1, 0.15) is 11.9 Å². The molecule has 0 saturated heterocycles. The van der Waals surface area contributed by atoms with E-state index < -0.39 is 0 Å². The molecule has 0 spiro atoms. The van der Waals surface area contributed by atoms with Crippen LogP contribution in [0.15, 0.2) is 170 Å². The van der Waals surface area contributed by atoms with Crippen LogP contribution in [0.1, 0.15) is 5.56 Å². The molecule has 10 aromatic rings. The van der Waals surface area contributed by atoms with Crippen molar-refractivity contribution in [1.82, 2.24) is 14.1 Å². The van der Waals surface area contributed by atoms with E-state index in [0.717, 1.165) is 66.4 Å². The zero-order valence-corrected chi connectivity index (χ0v) is 27.0. The summed E-state index contributed by atoms with van der Waals surface area (Å²) in [5.74, 6) is 0.744. The van der Waals surface area contributed by atoms with E-state index in [-0.39, 0.29) is 0 Å². The van der Waals surface area contributed by atoms with Crippen LogP contribution in [0.3, 0.4) is 0 Å². The Balaban J connectivity index is 1.35. The topological polar surface area (TPSA) is 46.5 Å². The van der Waals surface area contributed by atoms with Crippen molar-refractivity contribution in [3.05, 3.63) is 175 Å². The first-order valence-electron chi connectivity index (χ1n) is 16.8. The Morgan fingerprint density at radius 1 is 0.440 bits per heavy atom. The Labute approximate surface area is 288 Å². The summed E-state index contributed by atoms with van der Waals surface area (Å²) in [6.07, 6.45) is 0. The lowest BCUT2D eigenvalue weighted by Crippen LogP contribution is -2.04. The Bertz CT molecular complexity index is 2980. The molecule has 3 heterocycles. The van der Waals surface area contributed by atoms with E-state index in [0.29, 0.717) is 5.56 Å². The van der Waals surface area contributed by atoms with Crippen molar-refractivity contribution in [3.63, 3.8) is 0 Å². The summed E-state index contributed by atoms with van der Waals surface area (Å²) < 4.78 is 4.63. The molecule has 0 N–H and O–H groups in total. The van der Waals surface area contributed by atoms with Gasteiger partial charge in [0.2, 0.25) is 0 Å². The summed E-state index contributed by atoms with van der Waals surface area (Å²) >= 11 is 0. The molecule has 0 fully saturated rings. The highest BCUT2D eigenvalue weighted by Crippen LogP contribution is 2.45. The van der Waals surface area contributed by atoms with Gasteiger partial charge < -0.3 is 4.57 Å². The first-order valence-corrected chi connectivity index (χ1v) is 16.8. The quantitative estimate of drug-likeness (QED) is 0.193. The van der Waals surface area contributed by atoms with E-state index in [1.54, 1.807) is 0 Å². The first kappa shape index (κ1) is 28.1. The second kappa shape index (κ2) is 11.1.